The van der Waals surface area contributed by atoms with E-state index in [1.165, 1.54) is 12.3 Å². The Labute approximate surface area is 122 Å². The van der Waals surface area contributed by atoms with Crippen molar-refractivity contribution in [2.45, 2.75) is 43.2 Å². The number of nitrogens with one attached hydrogen (secondary N) is 1. The molecule has 0 bridgehead atoms. The summed E-state index contributed by atoms with van der Waals surface area (Å²) < 4.78 is 40.3. The number of halogens is 1. The largest absolute Gasteiger partial charge is 0.481 e. The van der Waals surface area contributed by atoms with Crippen LogP contribution < -0.4 is 4.72 Å². The van der Waals surface area contributed by atoms with Crippen LogP contribution in [0.4, 0.5) is 4.39 Å². The van der Waals surface area contributed by atoms with Crippen LogP contribution in [-0.2, 0) is 14.8 Å². The first-order valence-electron chi connectivity index (χ1n) is 6.77. The average molecular weight is 316 g/mol. The van der Waals surface area contributed by atoms with Crippen molar-refractivity contribution in [1.82, 2.24) is 9.71 Å². The van der Waals surface area contributed by atoms with Crippen molar-refractivity contribution in [2.24, 2.45) is 5.92 Å². The summed E-state index contributed by atoms with van der Waals surface area (Å²) in [6, 6.07) is 1.56. The van der Waals surface area contributed by atoms with Gasteiger partial charge in [0.05, 0.1) is 5.92 Å². The van der Waals surface area contributed by atoms with Crippen molar-refractivity contribution in [3.63, 3.8) is 0 Å². The zero-order chi connectivity index (χ0) is 15.5. The van der Waals surface area contributed by atoms with Gasteiger partial charge >= 0.3 is 5.97 Å². The monoisotopic (exact) mass is 316 g/mol. The van der Waals surface area contributed by atoms with Gasteiger partial charge in [-0.2, -0.15) is 0 Å². The Morgan fingerprint density at radius 1 is 1.33 bits per heavy atom. The van der Waals surface area contributed by atoms with Crippen molar-refractivity contribution >= 4 is 16.0 Å². The number of carboxylic acids is 1. The van der Waals surface area contributed by atoms with Gasteiger partial charge in [-0.15, -0.1) is 0 Å². The van der Waals surface area contributed by atoms with Crippen LogP contribution in [0.3, 0.4) is 0 Å². The molecule has 1 heterocycles. The van der Waals surface area contributed by atoms with Crippen molar-refractivity contribution in [1.29, 1.82) is 0 Å². The predicted molar refractivity (Wildman–Crippen MR) is 72.5 cm³/mol. The standard InChI is InChI=1S/C13H17FN2O4S/c14-10-6-4-8-15-12(10)21(19,20)16-11-7-3-1-2-5-9(11)13(17)18/h4,6,8-9,11,16H,1-3,5,7H2,(H,17,18). The lowest BCUT2D eigenvalue weighted by atomic mass is 9.96. The molecule has 0 radical (unpaired) electrons. The van der Waals surface area contributed by atoms with Gasteiger partial charge in [0.25, 0.3) is 10.0 Å². The Morgan fingerprint density at radius 3 is 2.71 bits per heavy atom. The molecule has 0 amide bonds. The molecule has 21 heavy (non-hydrogen) atoms. The van der Waals surface area contributed by atoms with E-state index in [1.54, 1.807) is 0 Å². The predicted octanol–water partition coefficient (Wildman–Crippen LogP) is 1.53. The molecule has 0 aromatic carbocycles. The number of carboxylic acid groups (broad SMARTS) is 1. The van der Waals surface area contributed by atoms with Gasteiger partial charge in [0.2, 0.25) is 5.03 Å². The molecule has 2 N–H and O–H groups in total. The summed E-state index contributed by atoms with van der Waals surface area (Å²) >= 11 is 0. The molecule has 2 unspecified atom stereocenters. The molecule has 1 fully saturated rings. The smallest absolute Gasteiger partial charge is 0.308 e. The van der Waals surface area contributed by atoms with Crippen molar-refractivity contribution in [3.05, 3.63) is 24.1 Å². The molecular weight excluding hydrogens is 299 g/mol. The SMILES string of the molecule is O=C(O)C1CCCCCC1NS(=O)(=O)c1ncccc1F. The van der Waals surface area contributed by atoms with Gasteiger partial charge in [0.15, 0.2) is 5.82 Å². The molecule has 1 aliphatic rings. The Bertz CT molecular complexity index is 620. The van der Waals surface area contributed by atoms with E-state index in [4.69, 9.17) is 0 Å². The van der Waals surface area contributed by atoms with Gasteiger partial charge in [-0.05, 0) is 25.0 Å². The second kappa shape index (κ2) is 6.48. The first-order valence-corrected chi connectivity index (χ1v) is 8.26. The first kappa shape index (κ1) is 15.8. The average Bonchev–Trinajstić information content (AvgIpc) is 2.64. The summed E-state index contributed by atoms with van der Waals surface area (Å²) in [5, 5.41) is 8.54. The van der Waals surface area contributed by atoms with Crippen LogP contribution in [-0.4, -0.2) is 30.5 Å². The van der Waals surface area contributed by atoms with Crippen molar-refractivity contribution in [3.8, 4) is 0 Å². The number of hydrogen-bond donors (Lipinski definition) is 2. The first-order chi connectivity index (χ1) is 9.92. The van der Waals surface area contributed by atoms with E-state index < -0.39 is 38.8 Å². The Kier molecular flexibility index (Phi) is 4.89. The van der Waals surface area contributed by atoms with Gasteiger partial charge in [-0.1, -0.05) is 19.3 Å². The van der Waals surface area contributed by atoms with Gasteiger partial charge in [-0.3, -0.25) is 4.79 Å². The number of sulfonamides is 1. The van der Waals surface area contributed by atoms with E-state index >= 15 is 0 Å². The number of hydrogen-bond acceptors (Lipinski definition) is 4. The van der Waals surface area contributed by atoms with Crippen LogP contribution in [0.2, 0.25) is 0 Å². The summed E-state index contributed by atoms with van der Waals surface area (Å²) in [7, 11) is -4.17. The third kappa shape index (κ3) is 3.76. The third-order valence-electron chi connectivity index (χ3n) is 3.62. The zero-order valence-corrected chi connectivity index (χ0v) is 12.1. The normalized spacial score (nSPS) is 23.5. The molecule has 8 heteroatoms. The number of aliphatic carboxylic acids is 1. The molecule has 2 atom stereocenters. The third-order valence-corrected chi connectivity index (χ3v) is 5.04. The van der Waals surface area contributed by atoms with E-state index in [0.717, 1.165) is 25.3 Å². The second-order valence-electron chi connectivity index (χ2n) is 5.10. The van der Waals surface area contributed by atoms with E-state index in [2.05, 4.69) is 9.71 Å². The van der Waals surface area contributed by atoms with Gasteiger partial charge in [0.1, 0.15) is 0 Å². The molecule has 1 saturated carbocycles. The van der Waals surface area contributed by atoms with Gasteiger partial charge < -0.3 is 5.11 Å². The summed E-state index contributed by atoms with van der Waals surface area (Å²) in [4.78, 5) is 14.8. The van der Waals surface area contributed by atoms with E-state index in [0.29, 0.717) is 12.8 Å². The highest BCUT2D eigenvalue weighted by Crippen LogP contribution is 2.25. The maximum atomic E-state index is 13.6. The van der Waals surface area contributed by atoms with Crippen LogP contribution in [0.15, 0.2) is 23.4 Å². The Balaban J connectivity index is 2.25. The molecule has 1 aromatic heterocycles. The molecule has 2 rings (SSSR count). The zero-order valence-electron chi connectivity index (χ0n) is 11.3. The summed E-state index contributed by atoms with van der Waals surface area (Å²) in [5.41, 5.74) is 0. The molecule has 0 aliphatic heterocycles. The number of nitrogens with zero attached hydrogens (tertiary/aromatic N) is 1. The fraction of sp³-hybridized carbons (Fsp3) is 0.538. The molecular formula is C13H17FN2O4S. The summed E-state index contributed by atoms with van der Waals surface area (Å²) in [6.45, 7) is 0. The van der Waals surface area contributed by atoms with Crippen LogP contribution in [0.25, 0.3) is 0 Å². The van der Waals surface area contributed by atoms with Crippen LogP contribution in [0, 0.1) is 11.7 Å². The number of pyridine rings is 1. The fourth-order valence-corrected chi connectivity index (χ4v) is 3.89. The maximum Gasteiger partial charge on any atom is 0.308 e. The summed E-state index contributed by atoms with van der Waals surface area (Å²) in [6.07, 6.45) is 4.35. The molecule has 1 aromatic rings. The Hall–Kier alpha value is -1.54. The maximum absolute atomic E-state index is 13.6. The second-order valence-corrected chi connectivity index (χ2v) is 6.73. The van der Waals surface area contributed by atoms with Crippen molar-refractivity contribution < 1.29 is 22.7 Å². The molecule has 1 aliphatic carbocycles. The molecule has 116 valence electrons. The molecule has 6 nitrogen and oxygen atoms in total. The fourth-order valence-electron chi connectivity index (χ4n) is 2.57. The highest BCUT2D eigenvalue weighted by atomic mass is 32.2. The minimum atomic E-state index is -4.17. The lowest BCUT2D eigenvalue weighted by Gasteiger charge is -2.22. The summed E-state index contributed by atoms with van der Waals surface area (Å²) in [5.74, 6) is -2.79. The van der Waals surface area contributed by atoms with E-state index in [1.807, 2.05) is 0 Å². The number of rotatable bonds is 4. The van der Waals surface area contributed by atoms with Gasteiger partial charge in [0, 0.05) is 12.2 Å². The molecule has 0 saturated heterocycles. The van der Waals surface area contributed by atoms with Gasteiger partial charge in [-0.25, -0.2) is 22.5 Å². The van der Waals surface area contributed by atoms with Crippen LogP contribution >= 0.6 is 0 Å². The number of aromatic nitrogens is 1. The highest BCUT2D eigenvalue weighted by molar-refractivity contribution is 7.89. The van der Waals surface area contributed by atoms with E-state index in [9.17, 15) is 22.7 Å². The minimum absolute atomic E-state index is 0.410. The Morgan fingerprint density at radius 2 is 2.05 bits per heavy atom. The van der Waals surface area contributed by atoms with Crippen LogP contribution in [0.1, 0.15) is 32.1 Å². The molecule has 0 spiro atoms. The van der Waals surface area contributed by atoms with Crippen molar-refractivity contribution in [2.75, 3.05) is 0 Å². The van der Waals surface area contributed by atoms with Crippen LogP contribution in [0.5, 0.6) is 0 Å². The minimum Gasteiger partial charge on any atom is -0.481 e. The highest BCUT2D eigenvalue weighted by Gasteiger charge is 2.34. The lowest BCUT2D eigenvalue weighted by Crippen LogP contribution is -2.43. The number of carbonyl (C=O) groups is 1. The topological polar surface area (TPSA) is 96.4 Å². The lowest BCUT2D eigenvalue weighted by molar-refractivity contribution is -0.142. The quantitative estimate of drug-likeness (QED) is 0.821. The van der Waals surface area contributed by atoms with E-state index in [-0.39, 0.29) is 0 Å².